The highest BCUT2D eigenvalue weighted by Gasteiger charge is 2.24. The van der Waals surface area contributed by atoms with Gasteiger partial charge in [0.05, 0.1) is 0 Å². The summed E-state index contributed by atoms with van der Waals surface area (Å²) in [4.78, 5) is 16.7. The van der Waals surface area contributed by atoms with Crippen LogP contribution in [-0.2, 0) is 11.3 Å². The zero-order valence-corrected chi connectivity index (χ0v) is 15.2. The summed E-state index contributed by atoms with van der Waals surface area (Å²) in [6.07, 6.45) is 5.45. The molecule has 0 spiro atoms. The Morgan fingerprint density at radius 3 is 2.60 bits per heavy atom. The van der Waals surface area contributed by atoms with Gasteiger partial charge in [-0.05, 0) is 25.3 Å². The van der Waals surface area contributed by atoms with Gasteiger partial charge in [0, 0.05) is 18.0 Å². The summed E-state index contributed by atoms with van der Waals surface area (Å²) in [7, 11) is 0. The fraction of sp³-hybridized carbons (Fsp3) is 0.500. The van der Waals surface area contributed by atoms with Gasteiger partial charge in [-0.1, -0.05) is 48.7 Å². The van der Waals surface area contributed by atoms with Gasteiger partial charge in [0.25, 0.3) is 0 Å². The Balaban J connectivity index is 0.00000225. The van der Waals surface area contributed by atoms with Crippen molar-refractivity contribution in [2.45, 2.75) is 51.6 Å². The topological polar surface area (TPSA) is 94.0 Å². The number of halogens is 1. The van der Waals surface area contributed by atoms with Crippen molar-refractivity contribution in [3.63, 3.8) is 0 Å². The smallest absolute Gasteiger partial charge is 0.249 e. The molecule has 3 N–H and O–H groups in total. The lowest BCUT2D eigenvalue weighted by Crippen LogP contribution is -2.33. The van der Waals surface area contributed by atoms with Crippen LogP contribution >= 0.6 is 12.4 Å². The van der Waals surface area contributed by atoms with E-state index < -0.39 is 0 Å². The van der Waals surface area contributed by atoms with E-state index in [9.17, 15) is 4.79 Å². The summed E-state index contributed by atoms with van der Waals surface area (Å²) >= 11 is 0. The van der Waals surface area contributed by atoms with E-state index in [0.29, 0.717) is 18.3 Å². The van der Waals surface area contributed by atoms with Crippen molar-refractivity contribution in [3.8, 4) is 11.4 Å². The van der Waals surface area contributed by atoms with E-state index in [2.05, 4.69) is 15.5 Å². The minimum absolute atomic E-state index is 0. The normalized spacial score (nSPS) is 16.1. The average molecular weight is 365 g/mol. The van der Waals surface area contributed by atoms with Crippen molar-refractivity contribution < 1.29 is 9.32 Å². The molecule has 1 amide bonds. The Morgan fingerprint density at radius 1 is 1.28 bits per heavy atom. The number of nitrogens with two attached hydrogens (primary N) is 1. The number of carbonyl (C=O) groups is 1. The number of rotatable bonds is 5. The van der Waals surface area contributed by atoms with Crippen LogP contribution in [0.5, 0.6) is 0 Å². The molecule has 1 aromatic carbocycles. The van der Waals surface area contributed by atoms with E-state index in [1.165, 1.54) is 6.42 Å². The number of hydrogen-bond donors (Lipinski definition) is 2. The van der Waals surface area contributed by atoms with Crippen LogP contribution < -0.4 is 11.1 Å². The van der Waals surface area contributed by atoms with Gasteiger partial charge in [-0.2, -0.15) is 4.98 Å². The van der Waals surface area contributed by atoms with Crippen molar-refractivity contribution in [2.75, 3.05) is 0 Å². The van der Waals surface area contributed by atoms with Crippen LogP contribution in [0.2, 0.25) is 0 Å². The van der Waals surface area contributed by atoms with E-state index >= 15 is 0 Å². The van der Waals surface area contributed by atoms with Crippen molar-refractivity contribution in [1.82, 2.24) is 15.5 Å². The third-order valence-corrected chi connectivity index (χ3v) is 4.59. The van der Waals surface area contributed by atoms with Crippen molar-refractivity contribution in [1.29, 1.82) is 0 Å². The molecule has 6 nitrogen and oxygen atoms in total. The molecule has 1 aromatic heterocycles. The summed E-state index contributed by atoms with van der Waals surface area (Å²) in [6.45, 7) is 2.37. The summed E-state index contributed by atoms with van der Waals surface area (Å²) in [5.74, 6) is 1.16. The maximum Gasteiger partial charge on any atom is 0.249 e. The lowest BCUT2D eigenvalue weighted by atomic mass is 9.88. The lowest BCUT2D eigenvalue weighted by Gasteiger charge is -2.22. The highest BCUT2D eigenvalue weighted by molar-refractivity contribution is 5.85. The van der Waals surface area contributed by atoms with Crippen LogP contribution in [-0.4, -0.2) is 16.0 Å². The first-order valence-electron chi connectivity index (χ1n) is 8.60. The average Bonchev–Trinajstić information content (AvgIpc) is 3.13. The second-order valence-electron chi connectivity index (χ2n) is 6.42. The van der Waals surface area contributed by atoms with E-state index in [1.807, 2.05) is 31.2 Å². The van der Waals surface area contributed by atoms with Crippen molar-refractivity contribution >= 4 is 18.3 Å². The highest BCUT2D eigenvalue weighted by Crippen LogP contribution is 2.25. The Labute approximate surface area is 154 Å². The molecule has 0 saturated heterocycles. The Bertz CT molecular complexity index is 681. The van der Waals surface area contributed by atoms with Gasteiger partial charge in [-0.15, -0.1) is 12.4 Å². The predicted molar refractivity (Wildman–Crippen MR) is 98.0 cm³/mol. The maximum atomic E-state index is 12.3. The first-order chi connectivity index (χ1) is 11.7. The van der Waals surface area contributed by atoms with E-state index in [1.54, 1.807) is 0 Å². The number of nitrogens with zero attached hydrogens (tertiary/aromatic N) is 2. The van der Waals surface area contributed by atoms with E-state index in [-0.39, 0.29) is 30.3 Å². The first kappa shape index (κ1) is 19.4. The van der Waals surface area contributed by atoms with Crippen LogP contribution in [0.25, 0.3) is 11.4 Å². The number of nitrogens with one attached hydrogen (secondary N) is 1. The van der Waals surface area contributed by atoms with Crippen LogP contribution in [0.4, 0.5) is 0 Å². The summed E-state index contributed by atoms with van der Waals surface area (Å²) in [6, 6.07) is 7.44. The fourth-order valence-corrected chi connectivity index (χ4v) is 3.08. The van der Waals surface area contributed by atoms with Crippen LogP contribution in [0.15, 0.2) is 28.8 Å². The number of amides is 1. The molecule has 136 valence electrons. The van der Waals surface area contributed by atoms with Gasteiger partial charge in [0.2, 0.25) is 17.6 Å². The van der Waals surface area contributed by atoms with Crippen LogP contribution in [0.1, 0.15) is 56.5 Å². The molecule has 0 radical (unpaired) electrons. The van der Waals surface area contributed by atoms with Gasteiger partial charge in [-0.25, -0.2) is 0 Å². The second-order valence-corrected chi connectivity index (χ2v) is 6.42. The monoisotopic (exact) mass is 364 g/mol. The summed E-state index contributed by atoms with van der Waals surface area (Å²) in [5.41, 5.74) is 7.52. The van der Waals surface area contributed by atoms with E-state index in [0.717, 1.165) is 36.8 Å². The van der Waals surface area contributed by atoms with Crippen molar-refractivity contribution in [2.24, 2.45) is 11.7 Å². The molecule has 1 aliphatic carbocycles. The van der Waals surface area contributed by atoms with Gasteiger partial charge in [0.15, 0.2) is 0 Å². The number of hydrogen-bond acceptors (Lipinski definition) is 5. The lowest BCUT2D eigenvalue weighted by molar-refractivity contribution is -0.126. The highest BCUT2D eigenvalue weighted by atomic mass is 35.5. The first-order valence-corrected chi connectivity index (χ1v) is 8.60. The molecule has 1 fully saturated rings. The summed E-state index contributed by atoms with van der Waals surface area (Å²) in [5, 5.41) is 7.01. The molecule has 3 rings (SSSR count). The zero-order chi connectivity index (χ0) is 16.9. The standard InChI is InChI=1S/C18H24N4O2.ClH/c1-12(20-17(23)15-5-3-2-4-6-15)18-21-16(22-24-18)14-9-7-13(11-19)8-10-14;/h7-10,12,15H,2-6,11,19H2,1H3,(H,20,23);1H/t12-;/m0./s1. The molecule has 25 heavy (non-hydrogen) atoms. The molecule has 1 saturated carbocycles. The van der Waals surface area contributed by atoms with E-state index in [4.69, 9.17) is 10.3 Å². The predicted octanol–water partition coefficient (Wildman–Crippen LogP) is 3.37. The maximum absolute atomic E-state index is 12.3. The SMILES string of the molecule is C[C@H](NC(=O)C1CCCCC1)c1nc(-c2ccc(CN)cc2)no1.Cl. The quantitative estimate of drug-likeness (QED) is 0.848. The molecule has 0 unspecified atom stereocenters. The summed E-state index contributed by atoms with van der Waals surface area (Å²) < 4.78 is 5.33. The molecular weight excluding hydrogens is 340 g/mol. The molecule has 0 aliphatic heterocycles. The van der Waals surface area contributed by atoms with Gasteiger partial charge in [-0.3, -0.25) is 4.79 Å². The van der Waals surface area contributed by atoms with Gasteiger partial charge < -0.3 is 15.6 Å². The molecule has 2 aromatic rings. The molecule has 1 aliphatic rings. The van der Waals surface area contributed by atoms with Crippen LogP contribution in [0, 0.1) is 5.92 Å². The van der Waals surface area contributed by atoms with Crippen molar-refractivity contribution in [3.05, 3.63) is 35.7 Å². The zero-order valence-electron chi connectivity index (χ0n) is 14.4. The number of carbonyl (C=O) groups excluding carboxylic acids is 1. The second kappa shape index (κ2) is 8.97. The Kier molecular flexibility index (Phi) is 6.96. The minimum atomic E-state index is -0.288. The molecule has 1 atom stereocenters. The van der Waals surface area contributed by atoms with Gasteiger partial charge in [0.1, 0.15) is 6.04 Å². The Morgan fingerprint density at radius 2 is 1.96 bits per heavy atom. The largest absolute Gasteiger partial charge is 0.344 e. The van der Waals surface area contributed by atoms with Gasteiger partial charge >= 0.3 is 0 Å². The molecule has 0 bridgehead atoms. The fourth-order valence-electron chi connectivity index (χ4n) is 3.08. The minimum Gasteiger partial charge on any atom is -0.344 e. The Hall–Kier alpha value is -1.92. The van der Waals surface area contributed by atoms with Crippen LogP contribution in [0.3, 0.4) is 0 Å². The number of benzene rings is 1. The third kappa shape index (κ3) is 4.80. The molecular formula is C18H25ClN4O2. The third-order valence-electron chi connectivity index (χ3n) is 4.59. The molecule has 1 heterocycles. The molecule has 7 heteroatoms. The number of aromatic nitrogens is 2.